The second-order valence-electron chi connectivity index (χ2n) is 3.82. The topological polar surface area (TPSA) is 80.7 Å². The van der Waals surface area contributed by atoms with Crippen molar-refractivity contribution in [3.63, 3.8) is 0 Å². The van der Waals surface area contributed by atoms with Crippen LogP contribution in [0, 0.1) is 11.8 Å². The van der Waals surface area contributed by atoms with Gasteiger partial charge in [-0.1, -0.05) is 13.8 Å². The van der Waals surface area contributed by atoms with Gasteiger partial charge in [0.2, 0.25) is 0 Å². The molecule has 0 radical (unpaired) electrons. The van der Waals surface area contributed by atoms with Crippen molar-refractivity contribution in [1.29, 1.82) is 0 Å². The van der Waals surface area contributed by atoms with Crippen molar-refractivity contribution < 1.29 is 24.2 Å². The van der Waals surface area contributed by atoms with Crippen LogP contribution in [0.5, 0.6) is 0 Å². The van der Waals surface area contributed by atoms with E-state index in [1.54, 1.807) is 13.8 Å². The minimum atomic E-state index is -0.934. The Labute approximate surface area is 94.8 Å². The lowest BCUT2D eigenvalue weighted by molar-refractivity contribution is -0.146. The smallest absolute Gasteiger partial charge is 0.313 e. The standard InChI is InChI=1S/C11H18O5/c1-4-16-10(13)6-9(12)7(2)5-8(3)11(14)15/h7-8H,4-6H2,1-3H3,(H,14,15). The van der Waals surface area contributed by atoms with Gasteiger partial charge < -0.3 is 9.84 Å². The van der Waals surface area contributed by atoms with Crippen molar-refractivity contribution in [2.24, 2.45) is 11.8 Å². The number of carbonyl (C=O) groups is 3. The summed E-state index contributed by atoms with van der Waals surface area (Å²) >= 11 is 0. The lowest BCUT2D eigenvalue weighted by atomic mass is 9.92. The van der Waals surface area contributed by atoms with Crippen LogP contribution >= 0.6 is 0 Å². The summed E-state index contributed by atoms with van der Waals surface area (Å²) in [6.45, 7) is 5.07. The number of Topliss-reactive ketones (excluding diaryl/α,β-unsaturated/α-hetero) is 1. The Morgan fingerprint density at radius 2 is 1.75 bits per heavy atom. The molecule has 0 amide bonds. The Hall–Kier alpha value is -1.39. The molecular formula is C11H18O5. The third-order valence-corrected chi connectivity index (χ3v) is 2.30. The average molecular weight is 230 g/mol. The zero-order valence-electron chi connectivity index (χ0n) is 9.86. The third kappa shape index (κ3) is 5.48. The molecule has 0 saturated heterocycles. The SMILES string of the molecule is CCOC(=O)CC(=O)C(C)CC(C)C(=O)O. The van der Waals surface area contributed by atoms with E-state index in [9.17, 15) is 14.4 Å². The van der Waals surface area contributed by atoms with E-state index >= 15 is 0 Å². The predicted octanol–water partition coefficient (Wildman–Crippen LogP) is 1.26. The molecular weight excluding hydrogens is 212 g/mol. The van der Waals surface area contributed by atoms with E-state index < -0.39 is 23.8 Å². The fraction of sp³-hybridized carbons (Fsp3) is 0.727. The van der Waals surface area contributed by atoms with Crippen LogP contribution in [0.4, 0.5) is 0 Å². The number of esters is 1. The van der Waals surface area contributed by atoms with Crippen molar-refractivity contribution >= 4 is 17.7 Å². The zero-order valence-corrected chi connectivity index (χ0v) is 9.86. The van der Waals surface area contributed by atoms with Crippen LogP contribution < -0.4 is 0 Å². The summed E-state index contributed by atoms with van der Waals surface area (Å²) in [5.74, 6) is -2.78. The first-order valence-corrected chi connectivity index (χ1v) is 5.29. The normalized spacial score (nSPS) is 13.9. The molecule has 0 aliphatic heterocycles. The highest BCUT2D eigenvalue weighted by Crippen LogP contribution is 2.14. The number of ketones is 1. The summed E-state index contributed by atoms with van der Waals surface area (Å²) in [5.41, 5.74) is 0. The van der Waals surface area contributed by atoms with Gasteiger partial charge in [-0.2, -0.15) is 0 Å². The van der Waals surface area contributed by atoms with E-state index in [4.69, 9.17) is 5.11 Å². The molecule has 0 aromatic rings. The highest BCUT2D eigenvalue weighted by atomic mass is 16.5. The minimum absolute atomic E-state index is 0.242. The van der Waals surface area contributed by atoms with Crippen LogP contribution in [0.2, 0.25) is 0 Å². The van der Waals surface area contributed by atoms with E-state index in [-0.39, 0.29) is 25.2 Å². The fourth-order valence-electron chi connectivity index (χ4n) is 1.29. The van der Waals surface area contributed by atoms with Crippen LogP contribution in [-0.2, 0) is 19.1 Å². The van der Waals surface area contributed by atoms with Crippen LogP contribution in [0.3, 0.4) is 0 Å². The summed E-state index contributed by atoms with van der Waals surface area (Å²) < 4.78 is 4.64. The van der Waals surface area contributed by atoms with E-state index in [1.165, 1.54) is 6.92 Å². The van der Waals surface area contributed by atoms with Crippen LogP contribution in [0.25, 0.3) is 0 Å². The van der Waals surface area contributed by atoms with Gasteiger partial charge in [0.05, 0.1) is 12.5 Å². The molecule has 0 heterocycles. The van der Waals surface area contributed by atoms with Gasteiger partial charge >= 0.3 is 11.9 Å². The number of carboxylic acid groups (broad SMARTS) is 1. The number of ether oxygens (including phenoxy) is 1. The average Bonchev–Trinajstić information content (AvgIpc) is 2.17. The van der Waals surface area contributed by atoms with E-state index in [0.29, 0.717) is 0 Å². The van der Waals surface area contributed by atoms with Crippen molar-refractivity contribution in [2.75, 3.05) is 6.61 Å². The first kappa shape index (κ1) is 14.6. The first-order valence-electron chi connectivity index (χ1n) is 5.29. The van der Waals surface area contributed by atoms with Gasteiger partial charge in [-0.05, 0) is 13.3 Å². The Bertz CT molecular complexity index is 272. The molecule has 0 aliphatic rings. The quantitative estimate of drug-likeness (QED) is 0.526. The summed E-state index contributed by atoms with van der Waals surface area (Å²) in [7, 11) is 0. The highest BCUT2D eigenvalue weighted by molar-refractivity contribution is 5.96. The molecule has 5 heteroatoms. The van der Waals surface area contributed by atoms with E-state index in [2.05, 4.69) is 4.74 Å². The molecule has 0 aliphatic carbocycles. The Morgan fingerprint density at radius 1 is 1.19 bits per heavy atom. The number of carboxylic acids is 1. The number of carbonyl (C=O) groups excluding carboxylic acids is 2. The molecule has 92 valence electrons. The molecule has 0 fully saturated rings. The zero-order chi connectivity index (χ0) is 12.7. The van der Waals surface area contributed by atoms with Crippen LogP contribution in [-0.4, -0.2) is 29.4 Å². The predicted molar refractivity (Wildman–Crippen MR) is 56.8 cm³/mol. The Morgan fingerprint density at radius 3 is 2.19 bits per heavy atom. The van der Waals surface area contributed by atoms with Gasteiger partial charge in [0.25, 0.3) is 0 Å². The number of aliphatic carboxylic acids is 1. The lowest BCUT2D eigenvalue weighted by Crippen LogP contribution is -2.21. The molecule has 0 saturated carbocycles. The summed E-state index contributed by atoms with van der Waals surface area (Å²) in [5, 5.41) is 8.68. The van der Waals surface area contributed by atoms with Gasteiger partial charge in [0.15, 0.2) is 0 Å². The molecule has 2 unspecified atom stereocenters. The molecule has 16 heavy (non-hydrogen) atoms. The van der Waals surface area contributed by atoms with Gasteiger partial charge in [0.1, 0.15) is 12.2 Å². The molecule has 0 aromatic heterocycles. The summed E-state index contributed by atoms with van der Waals surface area (Å²) in [4.78, 5) is 33.1. The summed E-state index contributed by atoms with van der Waals surface area (Å²) in [6, 6.07) is 0. The number of hydrogen-bond donors (Lipinski definition) is 1. The maximum atomic E-state index is 11.5. The molecule has 0 bridgehead atoms. The van der Waals surface area contributed by atoms with Crippen molar-refractivity contribution in [1.82, 2.24) is 0 Å². The highest BCUT2D eigenvalue weighted by Gasteiger charge is 2.22. The van der Waals surface area contributed by atoms with Crippen molar-refractivity contribution in [2.45, 2.75) is 33.6 Å². The van der Waals surface area contributed by atoms with Gasteiger partial charge in [-0.25, -0.2) is 0 Å². The van der Waals surface area contributed by atoms with E-state index in [1.807, 2.05) is 0 Å². The lowest BCUT2D eigenvalue weighted by Gasteiger charge is -2.12. The van der Waals surface area contributed by atoms with Crippen LogP contribution in [0.15, 0.2) is 0 Å². The van der Waals surface area contributed by atoms with Gasteiger partial charge in [-0.15, -0.1) is 0 Å². The maximum Gasteiger partial charge on any atom is 0.313 e. The molecule has 0 spiro atoms. The monoisotopic (exact) mass is 230 g/mol. The second-order valence-corrected chi connectivity index (χ2v) is 3.82. The number of hydrogen-bond acceptors (Lipinski definition) is 4. The minimum Gasteiger partial charge on any atom is -0.481 e. The van der Waals surface area contributed by atoms with Crippen LogP contribution in [0.1, 0.15) is 33.6 Å². The van der Waals surface area contributed by atoms with Crippen molar-refractivity contribution in [3.05, 3.63) is 0 Å². The third-order valence-electron chi connectivity index (χ3n) is 2.30. The van der Waals surface area contributed by atoms with Gasteiger partial charge in [-0.3, -0.25) is 14.4 Å². The largest absolute Gasteiger partial charge is 0.481 e. The fourth-order valence-corrected chi connectivity index (χ4v) is 1.29. The number of rotatable bonds is 7. The molecule has 2 atom stereocenters. The maximum absolute atomic E-state index is 11.5. The van der Waals surface area contributed by atoms with Crippen molar-refractivity contribution in [3.8, 4) is 0 Å². The Kier molecular flexibility index (Phi) is 6.37. The van der Waals surface area contributed by atoms with E-state index in [0.717, 1.165) is 0 Å². The molecule has 0 rings (SSSR count). The Balaban J connectivity index is 4.08. The molecule has 5 nitrogen and oxygen atoms in total. The molecule has 1 N–H and O–H groups in total. The van der Waals surface area contributed by atoms with Gasteiger partial charge in [0, 0.05) is 5.92 Å². The summed E-state index contributed by atoms with van der Waals surface area (Å²) in [6.07, 6.45) is -0.0328. The second kappa shape index (κ2) is 6.98. The molecule has 0 aromatic carbocycles. The first-order chi connectivity index (χ1) is 7.38.